The van der Waals surface area contributed by atoms with Crippen LogP contribution in [0.4, 0.5) is 11.4 Å². The molecule has 0 N–H and O–H groups in total. The third kappa shape index (κ3) is 3.96. The van der Waals surface area contributed by atoms with Gasteiger partial charge in [-0.3, -0.25) is 4.79 Å². The van der Waals surface area contributed by atoms with Gasteiger partial charge in [-0.25, -0.2) is 9.97 Å². The maximum absolute atomic E-state index is 12.8. The minimum absolute atomic E-state index is 0.0450. The van der Waals surface area contributed by atoms with E-state index in [2.05, 4.69) is 16.0 Å². The molecule has 1 atom stereocenters. The summed E-state index contributed by atoms with van der Waals surface area (Å²) < 4.78 is 19.0. The van der Waals surface area contributed by atoms with E-state index in [4.69, 9.17) is 14.2 Å². The fourth-order valence-electron chi connectivity index (χ4n) is 4.30. The number of methoxy groups -OCH3 is 1. The molecule has 0 bridgehead atoms. The quantitative estimate of drug-likeness (QED) is 0.572. The van der Waals surface area contributed by atoms with Crippen LogP contribution in [0.3, 0.4) is 0 Å². The summed E-state index contributed by atoms with van der Waals surface area (Å²) in [5.41, 5.74) is 2.53. The number of hydrogen-bond donors (Lipinski definition) is 0. The van der Waals surface area contributed by atoms with Crippen LogP contribution in [0.15, 0.2) is 43.0 Å². The van der Waals surface area contributed by atoms with Gasteiger partial charge in [0.2, 0.25) is 5.88 Å². The summed E-state index contributed by atoms with van der Waals surface area (Å²) in [7, 11) is 3.30. The lowest BCUT2D eigenvalue weighted by Crippen LogP contribution is -2.32. The number of nitriles is 1. The average molecular weight is 460 g/mol. The molecule has 1 fully saturated rings. The first-order chi connectivity index (χ1) is 16.6. The number of nitrogens with zero attached hydrogens (tertiary/aromatic N) is 6. The fourth-order valence-corrected chi connectivity index (χ4v) is 4.30. The van der Waals surface area contributed by atoms with Gasteiger partial charge in [0.15, 0.2) is 0 Å². The van der Waals surface area contributed by atoms with E-state index < -0.39 is 0 Å². The second kappa shape index (κ2) is 8.94. The Hall–Kier alpha value is -4.26. The lowest BCUT2D eigenvalue weighted by Gasteiger charge is -2.31. The zero-order valence-electron chi connectivity index (χ0n) is 19.0. The molecule has 2 aliphatic rings. The van der Waals surface area contributed by atoms with Crippen LogP contribution < -0.4 is 19.1 Å². The lowest BCUT2D eigenvalue weighted by atomic mass is 10.2. The van der Waals surface area contributed by atoms with Crippen molar-refractivity contribution in [3.05, 3.63) is 54.2 Å². The normalized spacial score (nSPS) is 17.0. The number of carbonyl (C=O) groups excluding carboxylic acids is 1. The van der Waals surface area contributed by atoms with Crippen LogP contribution in [-0.4, -0.2) is 64.8 Å². The highest BCUT2D eigenvalue weighted by atomic mass is 16.5. The summed E-state index contributed by atoms with van der Waals surface area (Å²) in [5, 5.41) is 9.44. The van der Waals surface area contributed by atoms with Crippen LogP contribution in [0.1, 0.15) is 22.5 Å². The minimum atomic E-state index is -0.110. The highest BCUT2D eigenvalue weighted by molar-refractivity contribution is 5.92. The number of likely N-dealkylation sites (tertiary alicyclic amines) is 1. The summed E-state index contributed by atoms with van der Waals surface area (Å²) in [6.07, 6.45) is 5.52. The molecule has 2 aromatic heterocycles. The van der Waals surface area contributed by atoms with Crippen LogP contribution in [0.25, 0.3) is 0 Å². The summed E-state index contributed by atoms with van der Waals surface area (Å²) in [6, 6.07) is 9.57. The molecule has 34 heavy (non-hydrogen) atoms. The van der Waals surface area contributed by atoms with E-state index >= 15 is 0 Å². The average Bonchev–Trinajstić information content (AvgIpc) is 3.51. The Bertz CT molecular complexity index is 1270. The molecule has 1 saturated heterocycles. The zero-order valence-corrected chi connectivity index (χ0v) is 19.0. The third-order valence-electron chi connectivity index (χ3n) is 6.03. The molecule has 1 unspecified atom stereocenters. The van der Waals surface area contributed by atoms with Crippen LogP contribution >= 0.6 is 0 Å². The molecule has 0 radical (unpaired) electrons. The first-order valence-corrected chi connectivity index (χ1v) is 11.0. The summed E-state index contributed by atoms with van der Waals surface area (Å²) in [6.45, 7) is 2.25. The van der Waals surface area contributed by atoms with Gasteiger partial charge in [0.25, 0.3) is 5.91 Å². The van der Waals surface area contributed by atoms with Gasteiger partial charge in [0, 0.05) is 26.1 Å². The molecule has 174 valence electrons. The number of pyridine rings is 1. The third-order valence-corrected chi connectivity index (χ3v) is 6.03. The lowest BCUT2D eigenvalue weighted by molar-refractivity contribution is 0.0763. The summed E-state index contributed by atoms with van der Waals surface area (Å²) >= 11 is 0. The molecule has 1 amide bonds. The molecule has 1 aromatic carbocycles. The van der Waals surface area contributed by atoms with Gasteiger partial charge in [0.05, 0.1) is 50.3 Å². The maximum atomic E-state index is 12.8. The molecule has 10 heteroatoms. The van der Waals surface area contributed by atoms with Crippen molar-refractivity contribution in [2.75, 3.05) is 38.3 Å². The molecule has 10 nitrogen and oxygen atoms in total. The number of fused-ring (bicyclic) bond motifs is 1. The van der Waals surface area contributed by atoms with Crippen molar-refractivity contribution >= 4 is 17.3 Å². The number of hydrogen-bond acceptors (Lipinski definition) is 8. The zero-order chi connectivity index (χ0) is 23.7. The Morgan fingerprint density at radius 2 is 2.15 bits per heavy atom. The van der Waals surface area contributed by atoms with E-state index in [0.29, 0.717) is 49.1 Å². The number of amides is 1. The monoisotopic (exact) mass is 460 g/mol. The van der Waals surface area contributed by atoms with E-state index in [1.807, 2.05) is 30.1 Å². The second-order valence-corrected chi connectivity index (χ2v) is 8.16. The van der Waals surface area contributed by atoms with E-state index in [1.165, 1.54) is 7.11 Å². The van der Waals surface area contributed by atoms with Crippen LogP contribution in [0.2, 0.25) is 0 Å². The summed E-state index contributed by atoms with van der Waals surface area (Å²) in [4.78, 5) is 24.9. The molecule has 0 aliphatic carbocycles. The molecule has 2 aliphatic heterocycles. The molecular formula is C24H24N6O4. The van der Waals surface area contributed by atoms with Crippen LogP contribution in [-0.2, 0) is 7.05 Å². The molecule has 4 heterocycles. The van der Waals surface area contributed by atoms with Crippen molar-refractivity contribution in [2.45, 2.75) is 12.5 Å². The van der Waals surface area contributed by atoms with E-state index in [0.717, 1.165) is 23.5 Å². The molecule has 0 spiro atoms. The first kappa shape index (κ1) is 21.6. The van der Waals surface area contributed by atoms with Crippen molar-refractivity contribution in [1.29, 1.82) is 5.26 Å². The van der Waals surface area contributed by atoms with Gasteiger partial charge in [-0.1, -0.05) is 0 Å². The Morgan fingerprint density at radius 1 is 1.26 bits per heavy atom. The van der Waals surface area contributed by atoms with Gasteiger partial charge in [-0.2, -0.15) is 5.26 Å². The fraction of sp³-hybridized carbons (Fsp3) is 0.333. The predicted octanol–water partition coefficient (Wildman–Crippen LogP) is 2.52. The highest BCUT2D eigenvalue weighted by Gasteiger charge is 2.30. The second-order valence-electron chi connectivity index (χ2n) is 8.16. The summed E-state index contributed by atoms with van der Waals surface area (Å²) in [5.74, 6) is 1.67. The molecular weight excluding hydrogens is 436 g/mol. The van der Waals surface area contributed by atoms with Crippen molar-refractivity contribution in [2.24, 2.45) is 7.05 Å². The Morgan fingerprint density at radius 3 is 2.91 bits per heavy atom. The highest BCUT2D eigenvalue weighted by Crippen LogP contribution is 2.40. The van der Waals surface area contributed by atoms with Crippen molar-refractivity contribution in [3.63, 3.8) is 0 Å². The minimum Gasteiger partial charge on any atom is -0.490 e. The van der Waals surface area contributed by atoms with Gasteiger partial charge < -0.3 is 28.6 Å². The van der Waals surface area contributed by atoms with E-state index in [1.54, 1.807) is 34.3 Å². The Labute approximate surface area is 196 Å². The molecule has 5 rings (SSSR count). The number of ether oxygens (including phenoxy) is 3. The molecule has 0 saturated carbocycles. The maximum Gasteiger partial charge on any atom is 0.272 e. The number of aryl methyl sites for hydroxylation is 1. The number of aromatic nitrogens is 3. The van der Waals surface area contributed by atoms with Gasteiger partial charge in [-0.15, -0.1) is 0 Å². The molecule has 3 aromatic rings. The number of rotatable bonds is 5. The van der Waals surface area contributed by atoms with Crippen molar-refractivity contribution in [1.82, 2.24) is 19.4 Å². The van der Waals surface area contributed by atoms with Gasteiger partial charge >= 0.3 is 0 Å². The number of anilines is 2. The van der Waals surface area contributed by atoms with E-state index in [-0.39, 0.29) is 12.0 Å². The van der Waals surface area contributed by atoms with Crippen LogP contribution in [0, 0.1) is 11.3 Å². The Balaban J connectivity index is 1.33. The van der Waals surface area contributed by atoms with E-state index in [9.17, 15) is 10.1 Å². The smallest absolute Gasteiger partial charge is 0.272 e. The number of benzene rings is 1. The SMILES string of the molecule is COc1ncc(N2CCOc3ccc(OC4CCN(C(=O)c5cncn5C)C4)cc32)cc1C#N. The number of imidazole rings is 1. The number of carbonyl (C=O) groups is 1. The van der Waals surface area contributed by atoms with Crippen molar-refractivity contribution < 1.29 is 19.0 Å². The predicted molar refractivity (Wildman–Crippen MR) is 123 cm³/mol. The Kier molecular flexibility index (Phi) is 5.67. The largest absolute Gasteiger partial charge is 0.490 e. The standard InChI is InChI=1S/C24H24N6O4/c1-28-15-26-13-21(28)24(31)29-6-5-19(14-29)34-18-3-4-22-20(10-18)30(7-8-33-22)17-9-16(11-25)23(32-2)27-12-17/h3-4,9-10,12-13,15,19H,5-8,14H2,1-2H3. The van der Waals surface area contributed by atoms with Gasteiger partial charge in [-0.05, 0) is 18.2 Å². The first-order valence-electron chi connectivity index (χ1n) is 11.0. The topological polar surface area (TPSA) is 106 Å². The van der Waals surface area contributed by atoms with Crippen LogP contribution in [0.5, 0.6) is 17.4 Å². The van der Waals surface area contributed by atoms with Gasteiger partial charge in [0.1, 0.15) is 41.5 Å². The van der Waals surface area contributed by atoms with Crippen molar-refractivity contribution in [3.8, 4) is 23.4 Å².